The lowest BCUT2D eigenvalue weighted by molar-refractivity contribution is -0.138. The molecule has 0 aliphatic carbocycles. The van der Waals surface area contributed by atoms with Crippen LogP contribution in [-0.2, 0) is 4.79 Å². The van der Waals surface area contributed by atoms with Crippen molar-refractivity contribution < 1.29 is 14.3 Å². The third-order valence-corrected chi connectivity index (χ3v) is 2.99. The summed E-state index contributed by atoms with van der Waals surface area (Å²) in [6, 6.07) is 9.49. The maximum Gasteiger partial charge on any atom is 0.317 e. The van der Waals surface area contributed by atoms with E-state index >= 15 is 0 Å². The Kier molecular flexibility index (Phi) is 3.97. The predicted octanol–water partition coefficient (Wildman–Crippen LogP) is 2.42. The highest BCUT2D eigenvalue weighted by molar-refractivity contribution is 5.69. The molecule has 1 unspecified atom stereocenters. The summed E-state index contributed by atoms with van der Waals surface area (Å²) in [6.45, 7) is 1.81. The lowest BCUT2D eigenvalue weighted by Gasteiger charge is -2.19. The van der Waals surface area contributed by atoms with Crippen molar-refractivity contribution in [3.8, 4) is 11.3 Å². The zero-order valence-electron chi connectivity index (χ0n) is 10.9. The molecule has 0 saturated heterocycles. The SMILES string of the molecule is CC(c1ncc(-c2ccccc2)o1)N(C)CC(=O)O. The summed E-state index contributed by atoms with van der Waals surface area (Å²) in [5.41, 5.74) is 0.953. The van der Waals surface area contributed by atoms with Crippen LogP contribution in [0.4, 0.5) is 0 Å². The van der Waals surface area contributed by atoms with Crippen LogP contribution in [0, 0.1) is 0 Å². The minimum Gasteiger partial charge on any atom is -0.480 e. The lowest BCUT2D eigenvalue weighted by Crippen LogP contribution is -2.28. The van der Waals surface area contributed by atoms with Crippen LogP contribution in [0.1, 0.15) is 18.9 Å². The number of oxazole rings is 1. The summed E-state index contributed by atoms with van der Waals surface area (Å²) >= 11 is 0. The summed E-state index contributed by atoms with van der Waals surface area (Å²) in [5.74, 6) is 0.331. The first-order valence-electron chi connectivity index (χ1n) is 6.01. The van der Waals surface area contributed by atoms with Gasteiger partial charge in [0.2, 0.25) is 5.89 Å². The number of rotatable bonds is 5. The molecular weight excluding hydrogens is 244 g/mol. The first-order chi connectivity index (χ1) is 9.08. The first-order valence-corrected chi connectivity index (χ1v) is 6.01. The molecule has 100 valence electrons. The molecule has 1 heterocycles. The van der Waals surface area contributed by atoms with Crippen LogP contribution in [0.3, 0.4) is 0 Å². The number of aliphatic carboxylic acids is 1. The van der Waals surface area contributed by atoms with Crippen molar-refractivity contribution >= 4 is 5.97 Å². The number of carboxylic acid groups (broad SMARTS) is 1. The van der Waals surface area contributed by atoms with Crippen molar-refractivity contribution in [3.05, 3.63) is 42.4 Å². The number of benzene rings is 1. The van der Waals surface area contributed by atoms with Gasteiger partial charge in [-0.15, -0.1) is 0 Å². The number of hydrogen-bond acceptors (Lipinski definition) is 4. The highest BCUT2D eigenvalue weighted by atomic mass is 16.4. The summed E-state index contributed by atoms with van der Waals surface area (Å²) in [7, 11) is 1.73. The van der Waals surface area contributed by atoms with E-state index in [1.165, 1.54) is 0 Å². The fraction of sp³-hybridized carbons (Fsp3) is 0.286. The molecular formula is C14H16N2O3. The first kappa shape index (κ1) is 13.3. The highest BCUT2D eigenvalue weighted by Gasteiger charge is 2.19. The third kappa shape index (κ3) is 3.20. The Balaban J connectivity index is 2.15. The van der Waals surface area contributed by atoms with Crippen molar-refractivity contribution in [2.45, 2.75) is 13.0 Å². The Labute approximate surface area is 111 Å². The molecule has 1 aromatic carbocycles. The van der Waals surface area contributed by atoms with Crippen LogP contribution in [0.2, 0.25) is 0 Å². The summed E-state index contributed by atoms with van der Waals surface area (Å²) in [6.07, 6.45) is 1.66. The van der Waals surface area contributed by atoms with Crippen LogP contribution in [0.5, 0.6) is 0 Å². The van der Waals surface area contributed by atoms with Gasteiger partial charge in [0.1, 0.15) is 0 Å². The van der Waals surface area contributed by atoms with E-state index in [1.54, 1.807) is 18.1 Å². The molecule has 0 radical (unpaired) electrons. The van der Waals surface area contributed by atoms with Gasteiger partial charge in [-0.2, -0.15) is 0 Å². The molecule has 5 heteroatoms. The van der Waals surface area contributed by atoms with E-state index in [2.05, 4.69) is 4.98 Å². The molecule has 0 spiro atoms. The Bertz CT molecular complexity index is 551. The average molecular weight is 260 g/mol. The number of likely N-dealkylation sites (N-methyl/N-ethyl adjacent to an activating group) is 1. The highest BCUT2D eigenvalue weighted by Crippen LogP contribution is 2.24. The van der Waals surface area contributed by atoms with Gasteiger partial charge >= 0.3 is 5.97 Å². The van der Waals surface area contributed by atoms with Crippen molar-refractivity contribution in [2.24, 2.45) is 0 Å². The number of hydrogen-bond donors (Lipinski definition) is 1. The molecule has 19 heavy (non-hydrogen) atoms. The molecule has 1 N–H and O–H groups in total. The van der Waals surface area contributed by atoms with Crippen molar-refractivity contribution in [1.29, 1.82) is 0 Å². The van der Waals surface area contributed by atoms with Crippen LogP contribution >= 0.6 is 0 Å². The number of carboxylic acids is 1. The molecule has 0 amide bonds. The van der Waals surface area contributed by atoms with E-state index < -0.39 is 5.97 Å². The number of aromatic nitrogens is 1. The average Bonchev–Trinajstić information content (AvgIpc) is 2.87. The van der Waals surface area contributed by atoms with Gasteiger partial charge in [0, 0.05) is 5.56 Å². The monoisotopic (exact) mass is 260 g/mol. The molecule has 1 aromatic heterocycles. The maximum atomic E-state index is 10.7. The van der Waals surface area contributed by atoms with Gasteiger partial charge < -0.3 is 9.52 Å². The zero-order valence-corrected chi connectivity index (χ0v) is 10.9. The van der Waals surface area contributed by atoms with Gasteiger partial charge in [-0.3, -0.25) is 9.69 Å². The van der Waals surface area contributed by atoms with Gasteiger partial charge in [0.05, 0.1) is 18.8 Å². The predicted molar refractivity (Wildman–Crippen MR) is 70.6 cm³/mol. The number of nitrogens with zero attached hydrogens (tertiary/aromatic N) is 2. The second-order valence-electron chi connectivity index (χ2n) is 4.41. The second-order valence-corrected chi connectivity index (χ2v) is 4.41. The second kappa shape index (κ2) is 5.67. The van der Waals surface area contributed by atoms with Gasteiger partial charge in [-0.05, 0) is 14.0 Å². The fourth-order valence-corrected chi connectivity index (χ4v) is 1.76. The minimum atomic E-state index is -0.871. The van der Waals surface area contributed by atoms with Crippen LogP contribution in [0.15, 0.2) is 40.9 Å². The topological polar surface area (TPSA) is 66.6 Å². The largest absolute Gasteiger partial charge is 0.480 e. The molecule has 0 aliphatic rings. The van der Waals surface area contributed by atoms with Crippen molar-refractivity contribution in [2.75, 3.05) is 13.6 Å². The van der Waals surface area contributed by atoms with E-state index in [0.717, 1.165) is 5.56 Å². The normalized spacial score (nSPS) is 12.6. The quantitative estimate of drug-likeness (QED) is 0.894. The van der Waals surface area contributed by atoms with Crippen molar-refractivity contribution in [3.63, 3.8) is 0 Å². The van der Waals surface area contributed by atoms with E-state index in [0.29, 0.717) is 11.7 Å². The summed E-state index contributed by atoms with van der Waals surface area (Å²) < 4.78 is 5.69. The Hall–Kier alpha value is -2.14. The van der Waals surface area contributed by atoms with E-state index in [1.807, 2.05) is 37.3 Å². The molecule has 0 aliphatic heterocycles. The summed E-state index contributed by atoms with van der Waals surface area (Å²) in [4.78, 5) is 16.6. The molecule has 0 bridgehead atoms. The molecule has 1 atom stereocenters. The van der Waals surface area contributed by atoms with Gasteiger partial charge in [-0.25, -0.2) is 4.98 Å². The maximum absolute atomic E-state index is 10.7. The van der Waals surface area contributed by atoms with Gasteiger partial charge in [0.15, 0.2) is 5.76 Å². The Morgan fingerprint density at radius 2 is 2.11 bits per heavy atom. The van der Waals surface area contributed by atoms with E-state index in [9.17, 15) is 4.79 Å². The molecule has 2 rings (SSSR count). The summed E-state index contributed by atoms with van der Waals surface area (Å²) in [5, 5.41) is 8.77. The third-order valence-electron chi connectivity index (χ3n) is 2.99. The molecule has 5 nitrogen and oxygen atoms in total. The Morgan fingerprint density at radius 3 is 2.74 bits per heavy atom. The lowest BCUT2D eigenvalue weighted by atomic mass is 10.2. The van der Waals surface area contributed by atoms with Gasteiger partial charge in [-0.1, -0.05) is 30.3 Å². The van der Waals surface area contributed by atoms with Crippen LogP contribution in [-0.4, -0.2) is 34.6 Å². The van der Waals surface area contributed by atoms with Crippen LogP contribution < -0.4 is 0 Å². The fourth-order valence-electron chi connectivity index (χ4n) is 1.76. The standard InChI is InChI=1S/C14H16N2O3/c1-10(16(2)9-13(17)18)14-15-8-12(19-14)11-6-4-3-5-7-11/h3-8,10H,9H2,1-2H3,(H,17,18). The van der Waals surface area contributed by atoms with E-state index in [-0.39, 0.29) is 12.6 Å². The molecule has 0 saturated carbocycles. The number of carbonyl (C=O) groups is 1. The van der Waals surface area contributed by atoms with Gasteiger partial charge in [0.25, 0.3) is 0 Å². The molecule has 2 aromatic rings. The smallest absolute Gasteiger partial charge is 0.317 e. The molecule has 0 fully saturated rings. The minimum absolute atomic E-state index is 0.0514. The van der Waals surface area contributed by atoms with Crippen LogP contribution in [0.25, 0.3) is 11.3 Å². The van der Waals surface area contributed by atoms with Crippen molar-refractivity contribution in [1.82, 2.24) is 9.88 Å². The van der Waals surface area contributed by atoms with E-state index in [4.69, 9.17) is 9.52 Å². The Morgan fingerprint density at radius 1 is 1.42 bits per heavy atom. The zero-order chi connectivity index (χ0) is 13.8.